The number of hydrogen-bond acceptors (Lipinski definition) is 1. The molecule has 0 N–H and O–H groups in total. The lowest BCUT2D eigenvalue weighted by Gasteiger charge is -2.11. The summed E-state index contributed by atoms with van der Waals surface area (Å²) in [5.74, 6) is -0.672. The van der Waals surface area contributed by atoms with Gasteiger partial charge in [0.25, 0.3) is 0 Å². The standard InChI is InChI=1S/C23H19ClF2N2/c1-13(2)17-10-19(24)21(11-20(17)25)28-12-18(16-8-5-9-27-23(16)28)15-7-4-6-14(3)22(15)26/h4,6-8,10-12H,1,5,9H2,2-3H3. The largest absolute Gasteiger partial charge is 0.299 e. The molecule has 2 heterocycles. The number of halogens is 3. The molecule has 2 nitrogen and oxygen atoms in total. The molecule has 0 amide bonds. The van der Waals surface area contributed by atoms with Gasteiger partial charge in [0.1, 0.15) is 17.1 Å². The maximum absolute atomic E-state index is 14.8. The van der Waals surface area contributed by atoms with E-state index in [1.807, 2.05) is 12.1 Å². The fraction of sp³-hybridized carbons (Fsp3) is 0.174. The number of hydrogen-bond donors (Lipinski definition) is 0. The van der Waals surface area contributed by atoms with Crippen LogP contribution in [0.4, 0.5) is 8.78 Å². The molecule has 0 saturated heterocycles. The van der Waals surface area contributed by atoms with Gasteiger partial charge in [0.05, 0.1) is 10.7 Å². The smallest absolute Gasteiger partial charge is 0.140 e. The third-order valence-corrected chi connectivity index (χ3v) is 5.30. The summed E-state index contributed by atoms with van der Waals surface area (Å²) in [4.78, 5) is 4.61. The maximum atomic E-state index is 14.8. The first-order valence-electron chi connectivity index (χ1n) is 9.05. The van der Waals surface area contributed by atoms with E-state index in [0.717, 1.165) is 17.2 Å². The van der Waals surface area contributed by atoms with Crippen molar-refractivity contribution in [2.24, 2.45) is 4.99 Å². The summed E-state index contributed by atoms with van der Waals surface area (Å²) < 4.78 is 31.2. The van der Waals surface area contributed by atoms with Crippen LogP contribution in [0.2, 0.25) is 5.02 Å². The number of fused-ring (bicyclic) bond motifs is 1. The molecule has 1 aliphatic rings. The van der Waals surface area contributed by atoms with E-state index < -0.39 is 5.82 Å². The summed E-state index contributed by atoms with van der Waals surface area (Å²) in [6.07, 6.45) is 4.60. The van der Waals surface area contributed by atoms with Crippen LogP contribution in [-0.4, -0.2) is 11.1 Å². The van der Waals surface area contributed by atoms with Crippen LogP contribution in [0.3, 0.4) is 0 Å². The van der Waals surface area contributed by atoms with Crippen molar-refractivity contribution in [1.82, 2.24) is 4.57 Å². The summed E-state index contributed by atoms with van der Waals surface area (Å²) in [5, 5.41) is 1.23. The van der Waals surface area contributed by atoms with E-state index in [-0.39, 0.29) is 5.82 Å². The van der Waals surface area contributed by atoms with Gasteiger partial charge in [0.15, 0.2) is 0 Å². The van der Waals surface area contributed by atoms with Crippen LogP contribution < -0.4 is 10.7 Å². The predicted octanol–water partition coefficient (Wildman–Crippen LogP) is 5.22. The second kappa shape index (κ2) is 7.02. The molecule has 0 aliphatic carbocycles. The quantitative estimate of drug-likeness (QED) is 0.577. The summed E-state index contributed by atoms with van der Waals surface area (Å²) in [5.41, 5.74) is 3.90. The van der Waals surface area contributed by atoms with Crippen molar-refractivity contribution >= 4 is 23.3 Å². The third kappa shape index (κ3) is 2.98. The minimum atomic E-state index is -0.405. The molecule has 4 rings (SSSR count). The second-order valence-electron chi connectivity index (χ2n) is 7.02. The minimum Gasteiger partial charge on any atom is -0.299 e. The Labute approximate surface area is 167 Å². The van der Waals surface area contributed by atoms with E-state index >= 15 is 0 Å². The lowest BCUT2D eigenvalue weighted by molar-refractivity contribution is 0.621. The Hall–Kier alpha value is -2.72. The summed E-state index contributed by atoms with van der Waals surface area (Å²) in [6, 6.07) is 8.26. The Balaban J connectivity index is 2.02. The van der Waals surface area contributed by atoms with Crippen LogP contribution in [0, 0.1) is 18.6 Å². The Morgan fingerprint density at radius 2 is 2.00 bits per heavy atom. The van der Waals surface area contributed by atoms with Crippen molar-refractivity contribution < 1.29 is 8.78 Å². The molecule has 0 unspecified atom stereocenters. The Morgan fingerprint density at radius 1 is 1.21 bits per heavy atom. The van der Waals surface area contributed by atoms with Crippen LogP contribution >= 0.6 is 11.6 Å². The van der Waals surface area contributed by atoms with Gasteiger partial charge in [-0.1, -0.05) is 42.5 Å². The van der Waals surface area contributed by atoms with Crippen LogP contribution in [0.15, 0.2) is 48.1 Å². The van der Waals surface area contributed by atoms with Crippen molar-refractivity contribution in [3.05, 3.63) is 81.6 Å². The molecule has 28 heavy (non-hydrogen) atoms. The first-order chi connectivity index (χ1) is 13.4. The van der Waals surface area contributed by atoms with Gasteiger partial charge in [0, 0.05) is 40.7 Å². The van der Waals surface area contributed by atoms with Crippen molar-refractivity contribution in [3.8, 4) is 16.8 Å². The molecule has 0 bridgehead atoms. The first-order valence-corrected chi connectivity index (χ1v) is 9.43. The lowest BCUT2D eigenvalue weighted by Crippen LogP contribution is -2.32. The van der Waals surface area contributed by atoms with Gasteiger partial charge in [0.2, 0.25) is 0 Å². The molecule has 0 spiro atoms. The van der Waals surface area contributed by atoms with Crippen LogP contribution in [0.1, 0.15) is 24.5 Å². The van der Waals surface area contributed by atoms with Gasteiger partial charge in [-0.25, -0.2) is 8.78 Å². The fourth-order valence-corrected chi connectivity index (χ4v) is 3.81. The van der Waals surface area contributed by atoms with Gasteiger partial charge >= 0.3 is 0 Å². The lowest BCUT2D eigenvalue weighted by atomic mass is 10.0. The SMILES string of the molecule is C=C(C)c1cc(Cl)c(-n2cc(-c3cccc(C)c3F)c3c2=NCCC=3)cc1F. The van der Waals surface area contributed by atoms with E-state index in [1.165, 1.54) is 6.07 Å². The molecule has 142 valence electrons. The monoisotopic (exact) mass is 396 g/mol. The summed E-state index contributed by atoms with van der Waals surface area (Å²) in [7, 11) is 0. The van der Waals surface area contributed by atoms with Crippen LogP contribution in [0.25, 0.3) is 28.5 Å². The van der Waals surface area contributed by atoms with Gasteiger partial charge in [-0.15, -0.1) is 0 Å². The van der Waals surface area contributed by atoms with Crippen molar-refractivity contribution in [2.45, 2.75) is 20.3 Å². The van der Waals surface area contributed by atoms with E-state index in [4.69, 9.17) is 11.6 Å². The maximum Gasteiger partial charge on any atom is 0.140 e. The van der Waals surface area contributed by atoms with E-state index in [9.17, 15) is 8.78 Å². The topological polar surface area (TPSA) is 17.3 Å². The molecule has 2 aromatic carbocycles. The highest BCUT2D eigenvalue weighted by Crippen LogP contribution is 2.29. The highest BCUT2D eigenvalue weighted by atomic mass is 35.5. The number of nitrogens with zero attached hydrogens (tertiary/aromatic N) is 2. The van der Waals surface area contributed by atoms with Gasteiger partial charge < -0.3 is 0 Å². The molecular formula is C23H19ClF2N2. The van der Waals surface area contributed by atoms with Crippen LogP contribution in [0.5, 0.6) is 0 Å². The number of benzene rings is 2. The van der Waals surface area contributed by atoms with Crippen molar-refractivity contribution in [1.29, 1.82) is 0 Å². The number of aryl methyl sites for hydroxylation is 1. The number of allylic oxidation sites excluding steroid dienone is 1. The van der Waals surface area contributed by atoms with Gasteiger partial charge in [-0.05, 0) is 37.5 Å². The van der Waals surface area contributed by atoms with Crippen molar-refractivity contribution in [2.75, 3.05) is 6.54 Å². The molecular weight excluding hydrogens is 378 g/mol. The van der Waals surface area contributed by atoms with E-state index in [1.54, 1.807) is 42.8 Å². The normalized spacial score (nSPS) is 12.9. The Kier molecular flexibility index (Phi) is 4.68. The average Bonchev–Trinajstić information content (AvgIpc) is 3.04. The van der Waals surface area contributed by atoms with Crippen molar-refractivity contribution in [3.63, 3.8) is 0 Å². The zero-order chi connectivity index (χ0) is 20.0. The fourth-order valence-electron chi connectivity index (χ4n) is 3.55. The zero-order valence-corrected chi connectivity index (χ0v) is 16.4. The molecule has 3 aromatic rings. The molecule has 5 heteroatoms. The number of aromatic nitrogens is 1. The van der Waals surface area contributed by atoms with E-state index in [0.29, 0.717) is 45.0 Å². The van der Waals surface area contributed by atoms with Gasteiger partial charge in [-0.3, -0.25) is 9.56 Å². The van der Waals surface area contributed by atoms with E-state index in [2.05, 4.69) is 11.6 Å². The molecule has 0 fully saturated rings. The molecule has 0 radical (unpaired) electrons. The molecule has 0 saturated carbocycles. The van der Waals surface area contributed by atoms with Crippen LogP contribution in [-0.2, 0) is 0 Å². The number of rotatable bonds is 3. The predicted molar refractivity (Wildman–Crippen MR) is 110 cm³/mol. The minimum absolute atomic E-state index is 0.267. The summed E-state index contributed by atoms with van der Waals surface area (Å²) >= 11 is 6.48. The Morgan fingerprint density at radius 3 is 2.75 bits per heavy atom. The highest BCUT2D eigenvalue weighted by Gasteiger charge is 2.18. The summed E-state index contributed by atoms with van der Waals surface area (Å²) in [6.45, 7) is 7.88. The molecule has 1 aliphatic heterocycles. The second-order valence-corrected chi connectivity index (χ2v) is 7.43. The molecule has 0 atom stereocenters. The zero-order valence-electron chi connectivity index (χ0n) is 15.7. The van der Waals surface area contributed by atoms with Gasteiger partial charge in [-0.2, -0.15) is 0 Å². The first kappa shape index (κ1) is 18.6. The molecule has 1 aromatic heterocycles. The average molecular weight is 397 g/mol. The Bertz CT molecular complexity index is 1240. The highest BCUT2D eigenvalue weighted by molar-refractivity contribution is 6.32. The third-order valence-electron chi connectivity index (χ3n) is 4.99.